The van der Waals surface area contributed by atoms with Crippen LogP contribution in [0.1, 0.15) is 31.6 Å². The molecule has 0 bridgehead atoms. The van der Waals surface area contributed by atoms with E-state index in [9.17, 15) is 4.39 Å². The maximum atomic E-state index is 14.1. The summed E-state index contributed by atoms with van der Waals surface area (Å²) in [6, 6.07) is 0.286. The normalized spacial score (nSPS) is 38.7. The Morgan fingerprint density at radius 1 is 1.29 bits per heavy atom. The Morgan fingerprint density at radius 3 is 3.00 bits per heavy atom. The third-order valence-electron chi connectivity index (χ3n) is 3.60. The van der Waals surface area contributed by atoms with Crippen LogP contribution in [-0.4, -0.2) is 26.4 Å². The van der Waals surface area contributed by atoms with Gasteiger partial charge in [-0.1, -0.05) is 12.1 Å². The van der Waals surface area contributed by atoms with Crippen LogP contribution in [0.15, 0.2) is 42.4 Å². The molecule has 1 unspecified atom stereocenters. The predicted octanol–water partition coefficient (Wildman–Crippen LogP) is 3.33. The van der Waals surface area contributed by atoms with Crippen molar-refractivity contribution < 1.29 is 32.3 Å². The molecule has 0 amide bonds. The molecule has 24 heavy (non-hydrogen) atoms. The minimum atomic E-state index is -2.58. The zero-order valence-electron chi connectivity index (χ0n) is 22.5. The summed E-state index contributed by atoms with van der Waals surface area (Å²) in [7, 11) is 0. The molecule has 2 heterocycles. The van der Waals surface area contributed by atoms with Crippen molar-refractivity contribution in [3.05, 3.63) is 53.7 Å². The Kier molecular flexibility index (Phi) is 2.16. The Morgan fingerprint density at radius 2 is 2.12 bits per heavy atom. The summed E-state index contributed by atoms with van der Waals surface area (Å²) in [6.07, 6.45) is -0.275. The summed E-state index contributed by atoms with van der Waals surface area (Å²) in [4.78, 5) is 0. The van der Waals surface area contributed by atoms with Crippen molar-refractivity contribution in [1.82, 2.24) is 5.32 Å². The van der Waals surface area contributed by atoms with E-state index in [4.69, 9.17) is 27.9 Å². The molecule has 2 aliphatic heterocycles. The molecule has 4 nitrogen and oxygen atoms in total. The van der Waals surface area contributed by atoms with Crippen LogP contribution in [0.5, 0.6) is 17.2 Å². The Labute approximate surface area is 154 Å². The van der Waals surface area contributed by atoms with E-state index in [1.54, 1.807) is 0 Å². The van der Waals surface area contributed by atoms with Crippen LogP contribution in [0.2, 0.25) is 0 Å². The van der Waals surface area contributed by atoms with Gasteiger partial charge >= 0.3 is 0 Å². The van der Waals surface area contributed by atoms with E-state index >= 15 is 0 Å². The van der Waals surface area contributed by atoms with Crippen molar-refractivity contribution in [2.45, 2.75) is 12.3 Å². The second-order valence-electron chi connectivity index (χ2n) is 5.13. The largest absolute Gasteiger partial charge is 0.493 e. The number of rotatable bonds is 4. The molecule has 2 aliphatic rings. The number of benzene rings is 2. The summed E-state index contributed by atoms with van der Waals surface area (Å²) >= 11 is 0. The number of fused-ring (bicyclic) bond motifs is 1. The standard InChI is InChI=1S/C19H20FNO3/c20-15-3-1-13(2-4-15)17-7-8-21-10-14(17)11-22-16-5-6-18-19(9-16)24-12-23-18/h1-6,9,14,17,21H,7-8,10-12H2/t14-,17?/m1/s1/i1D,2D,3D,4D,10D2,12D2,14D,17D. The van der Waals surface area contributed by atoms with Gasteiger partial charge in [-0.3, -0.25) is 0 Å². The minimum absolute atomic E-state index is 0.0153. The minimum Gasteiger partial charge on any atom is -0.493 e. The number of hydrogen-bond acceptors (Lipinski definition) is 4. The number of halogens is 1. The highest BCUT2D eigenvalue weighted by Crippen LogP contribution is 2.36. The topological polar surface area (TPSA) is 39.7 Å². The number of ether oxygens (including phenoxy) is 3. The van der Waals surface area contributed by atoms with Crippen molar-refractivity contribution in [3.63, 3.8) is 0 Å². The molecular weight excluding hydrogens is 309 g/mol. The lowest BCUT2D eigenvalue weighted by atomic mass is 9.81. The summed E-state index contributed by atoms with van der Waals surface area (Å²) < 4.78 is 112. The first-order valence-electron chi connectivity index (χ1n) is 12.3. The van der Waals surface area contributed by atoms with Gasteiger partial charge in [-0.25, -0.2) is 4.39 Å². The third-order valence-corrected chi connectivity index (χ3v) is 3.60. The predicted molar refractivity (Wildman–Crippen MR) is 88.2 cm³/mol. The summed E-state index contributed by atoms with van der Waals surface area (Å²) in [6.45, 7) is -5.86. The van der Waals surface area contributed by atoms with Gasteiger partial charge in [0.05, 0.1) is 12.1 Å². The fourth-order valence-corrected chi connectivity index (χ4v) is 2.44. The maximum Gasteiger partial charge on any atom is 0.231 e. The van der Waals surface area contributed by atoms with Crippen LogP contribution >= 0.6 is 0 Å². The molecule has 1 N–H and O–H groups in total. The van der Waals surface area contributed by atoms with E-state index in [-0.39, 0.29) is 30.2 Å². The lowest BCUT2D eigenvalue weighted by molar-refractivity contribution is 0.173. The van der Waals surface area contributed by atoms with E-state index < -0.39 is 67.2 Å². The SMILES string of the molecule is [2H]c1c([2H])c(C2([2H])CCNC([2H])([2H])[C@]2([2H])COc2ccc3c(c2)OC([2H])([2H])O3)c([2H])c([2H])c1F. The number of nitrogens with one attached hydrogen (secondary N) is 1. The molecule has 0 aromatic heterocycles. The van der Waals surface area contributed by atoms with Gasteiger partial charge in [-0.2, -0.15) is 0 Å². The first kappa shape index (κ1) is 7.74. The Balaban J connectivity index is 1.76. The third kappa shape index (κ3) is 3.17. The van der Waals surface area contributed by atoms with Crippen LogP contribution in [-0.2, 0) is 0 Å². The first-order chi connectivity index (χ1) is 15.6. The van der Waals surface area contributed by atoms with E-state index in [1.165, 1.54) is 18.2 Å². The van der Waals surface area contributed by atoms with Crippen molar-refractivity contribution >= 4 is 0 Å². The molecule has 2 atom stereocenters. The van der Waals surface area contributed by atoms with Gasteiger partial charge in [-0.05, 0) is 48.6 Å². The molecule has 5 heteroatoms. The summed E-state index contributed by atoms with van der Waals surface area (Å²) in [5.74, 6) is -6.10. The molecule has 4 rings (SSSR count). The Hall–Kier alpha value is -2.27. The van der Waals surface area contributed by atoms with Crippen molar-refractivity contribution in [3.8, 4) is 17.2 Å². The lowest BCUT2D eigenvalue weighted by Gasteiger charge is -2.32. The van der Waals surface area contributed by atoms with E-state index in [0.29, 0.717) is 0 Å². The van der Waals surface area contributed by atoms with E-state index in [0.717, 1.165) is 0 Å². The lowest BCUT2D eigenvalue weighted by Crippen LogP contribution is -2.38. The second-order valence-corrected chi connectivity index (χ2v) is 5.13. The summed E-state index contributed by atoms with van der Waals surface area (Å²) in [5, 5.41) is 2.50. The molecule has 126 valence electrons. The van der Waals surface area contributed by atoms with Crippen LogP contribution in [0.3, 0.4) is 0 Å². The first-order valence-corrected chi connectivity index (χ1v) is 7.30. The number of piperidine rings is 1. The van der Waals surface area contributed by atoms with Gasteiger partial charge in [0.2, 0.25) is 6.75 Å². The van der Waals surface area contributed by atoms with Crippen LogP contribution in [0, 0.1) is 11.7 Å². The zero-order chi connectivity index (χ0) is 25.3. The van der Waals surface area contributed by atoms with Gasteiger partial charge in [0.1, 0.15) is 14.3 Å². The van der Waals surface area contributed by atoms with Gasteiger partial charge < -0.3 is 19.5 Å². The second kappa shape index (κ2) is 6.69. The van der Waals surface area contributed by atoms with Crippen LogP contribution < -0.4 is 19.5 Å². The monoisotopic (exact) mass is 339 g/mol. The molecule has 2 aromatic carbocycles. The maximum absolute atomic E-state index is 14.1. The smallest absolute Gasteiger partial charge is 0.231 e. The molecule has 1 fully saturated rings. The molecule has 0 spiro atoms. The highest BCUT2D eigenvalue weighted by Gasteiger charge is 2.27. The molecule has 0 aliphatic carbocycles. The van der Waals surface area contributed by atoms with E-state index in [1.807, 2.05) is 0 Å². The quantitative estimate of drug-likeness (QED) is 0.927. The van der Waals surface area contributed by atoms with Gasteiger partial charge in [-0.15, -0.1) is 0 Å². The molecular formula is C19H20FNO3. The number of hydrogen-bond donors (Lipinski definition) is 1. The fourth-order valence-electron chi connectivity index (χ4n) is 2.44. The van der Waals surface area contributed by atoms with Crippen LogP contribution in [0.25, 0.3) is 0 Å². The van der Waals surface area contributed by atoms with Gasteiger partial charge in [0.15, 0.2) is 11.5 Å². The van der Waals surface area contributed by atoms with Crippen molar-refractivity contribution in [2.24, 2.45) is 5.89 Å². The molecule has 0 radical (unpaired) electrons. The fraction of sp³-hybridized carbons (Fsp3) is 0.368. The van der Waals surface area contributed by atoms with Gasteiger partial charge in [0.25, 0.3) is 0 Å². The Bertz CT molecular complexity index is 1140. The van der Waals surface area contributed by atoms with Crippen molar-refractivity contribution in [1.29, 1.82) is 0 Å². The zero-order valence-corrected chi connectivity index (χ0v) is 12.5. The van der Waals surface area contributed by atoms with Crippen molar-refractivity contribution in [2.75, 3.05) is 26.4 Å². The van der Waals surface area contributed by atoms with E-state index in [2.05, 4.69) is 5.32 Å². The van der Waals surface area contributed by atoms with Gasteiger partial charge in [0, 0.05) is 23.9 Å². The van der Waals surface area contributed by atoms with Crippen LogP contribution in [0.4, 0.5) is 4.39 Å². The highest BCUT2D eigenvalue weighted by atomic mass is 19.1. The molecule has 1 saturated heterocycles. The molecule has 2 aromatic rings. The summed E-state index contributed by atoms with van der Waals surface area (Å²) in [5.41, 5.74) is -0.591. The molecule has 0 saturated carbocycles. The average Bonchev–Trinajstić information content (AvgIpc) is 3.06. The highest BCUT2D eigenvalue weighted by molar-refractivity contribution is 5.46. The average molecular weight is 339 g/mol.